The van der Waals surface area contributed by atoms with Crippen LogP contribution < -0.4 is 11.2 Å². The smallest absolute Gasteiger partial charge is 0.303 e. The standard InChI is InChI=1S/C11H16ClN3O2/c12-9-8-15(11(17)13-10(9)16)7-3-6-14-4-1-2-5-14/h8H,1-7H2,(H,13,16,17). The van der Waals surface area contributed by atoms with Crippen LogP contribution in [-0.4, -0.2) is 34.1 Å². The van der Waals surface area contributed by atoms with Crippen LogP contribution in [0.4, 0.5) is 0 Å². The summed E-state index contributed by atoms with van der Waals surface area (Å²) >= 11 is 5.68. The minimum absolute atomic E-state index is 0.0609. The van der Waals surface area contributed by atoms with Gasteiger partial charge in [0.2, 0.25) is 0 Å². The van der Waals surface area contributed by atoms with Gasteiger partial charge in [0.25, 0.3) is 5.56 Å². The number of aryl methyl sites for hydroxylation is 1. The summed E-state index contributed by atoms with van der Waals surface area (Å²) in [4.78, 5) is 27.1. The maximum Gasteiger partial charge on any atom is 0.328 e. The molecule has 0 aromatic carbocycles. The number of likely N-dealkylation sites (tertiary alicyclic amines) is 1. The highest BCUT2D eigenvalue weighted by Crippen LogP contribution is 2.07. The number of hydrogen-bond donors (Lipinski definition) is 1. The second kappa shape index (κ2) is 5.51. The van der Waals surface area contributed by atoms with Crippen LogP contribution >= 0.6 is 11.6 Å². The van der Waals surface area contributed by atoms with Gasteiger partial charge in [-0.2, -0.15) is 0 Å². The van der Waals surface area contributed by atoms with Gasteiger partial charge >= 0.3 is 5.69 Å². The fourth-order valence-corrected chi connectivity index (χ4v) is 2.28. The highest BCUT2D eigenvalue weighted by Gasteiger charge is 2.10. The summed E-state index contributed by atoms with van der Waals surface area (Å²) in [6.07, 6.45) is 4.84. The van der Waals surface area contributed by atoms with Crippen LogP contribution in [0, 0.1) is 0 Å². The van der Waals surface area contributed by atoms with Gasteiger partial charge in [-0.15, -0.1) is 0 Å². The van der Waals surface area contributed by atoms with Gasteiger partial charge in [-0.05, 0) is 38.9 Å². The Hall–Kier alpha value is -1.07. The predicted octanol–water partition coefficient (Wildman–Crippen LogP) is 0.676. The Labute approximate surface area is 104 Å². The molecule has 0 unspecified atom stereocenters. The molecule has 1 aliphatic rings. The van der Waals surface area contributed by atoms with E-state index in [0.717, 1.165) is 26.1 Å². The van der Waals surface area contributed by atoms with Crippen molar-refractivity contribution >= 4 is 11.6 Å². The predicted molar refractivity (Wildman–Crippen MR) is 66.6 cm³/mol. The molecule has 0 amide bonds. The fourth-order valence-electron chi connectivity index (χ4n) is 2.12. The van der Waals surface area contributed by atoms with Crippen molar-refractivity contribution in [2.24, 2.45) is 0 Å². The molecule has 0 radical (unpaired) electrons. The fraction of sp³-hybridized carbons (Fsp3) is 0.636. The zero-order valence-corrected chi connectivity index (χ0v) is 10.4. The largest absolute Gasteiger partial charge is 0.328 e. The van der Waals surface area contributed by atoms with Crippen molar-refractivity contribution in [2.75, 3.05) is 19.6 Å². The van der Waals surface area contributed by atoms with E-state index in [1.54, 1.807) is 0 Å². The molecule has 1 fully saturated rings. The number of rotatable bonds is 4. The van der Waals surface area contributed by atoms with E-state index in [2.05, 4.69) is 9.88 Å². The van der Waals surface area contributed by atoms with Gasteiger partial charge in [0, 0.05) is 12.7 Å². The van der Waals surface area contributed by atoms with Crippen LogP contribution in [0.25, 0.3) is 0 Å². The minimum Gasteiger partial charge on any atom is -0.303 e. The van der Waals surface area contributed by atoms with Gasteiger partial charge in [-0.1, -0.05) is 11.6 Å². The molecule has 94 valence electrons. The topological polar surface area (TPSA) is 58.1 Å². The van der Waals surface area contributed by atoms with Crippen molar-refractivity contribution in [2.45, 2.75) is 25.8 Å². The molecule has 1 aliphatic heterocycles. The number of H-pyrrole nitrogens is 1. The van der Waals surface area contributed by atoms with Gasteiger partial charge in [-0.25, -0.2) is 4.79 Å². The highest BCUT2D eigenvalue weighted by molar-refractivity contribution is 6.30. The van der Waals surface area contributed by atoms with E-state index < -0.39 is 5.56 Å². The first-order valence-electron chi connectivity index (χ1n) is 5.88. The molecule has 17 heavy (non-hydrogen) atoms. The molecular formula is C11H16ClN3O2. The SMILES string of the molecule is O=c1[nH]c(=O)n(CCCN2CCCC2)cc1Cl. The van der Waals surface area contributed by atoms with E-state index in [1.165, 1.54) is 23.6 Å². The van der Waals surface area contributed by atoms with Crippen LogP contribution in [0.3, 0.4) is 0 Å². The molecule has 6 heteroatoms. The number of nitrogens with zero attached hydrogens (tertiary/aromatic N) is 2. The average Bonchev–Trinajstić information content (AvgIpc) is 2.78. The van der Waals surface area contributed by atoms with E-state index in [1.807, 2.05) is 0 Å². The second-order valence-electron chi connectivity index (χ2n) is 4.33. The minimum atomic E-state index is -0.521. The van der Waals surface area contributed by atoms with Crippen LogP contribution in [0.15, 0.2) is 15.8 Å². The summed E-state index contributed by atoms with van der Waals surface area (Å²) in [6, 6.07) is 0. The molecule has 2 heterocycles. The van der Waals surface area contributed by atoms with Crippen molar-refractivity contribution < 1.29 is 0 Å². The van der Waals surface area contributed by atoms with E-state index in [4.69, 9.17) is 11.6 Å². The van der Waals surface area contributed by atoms with Crippen LogP contribution in [0.2, 0.25) is 5.02 Å². The van der Waals surface area contributed by atoms with Gasteiger partial charge in [-0.3, -0.25) is 14.3 Å². The summed E-state index contributed by atoms with van der Waals surface area (Å²) < 4.78 is 1.46. The first kappa shape index (κ1) is 12.4. The third kappa shape index (κ3) is 3.20. The van der Waals surface area contributed by atoms with Gasteiger partial charge in [0.05, 0.1) is 0 Å². The Balaban J connectivity index is 1.92. The third-order valence-electron chi connectivity index (χ3n) is 3.04. The van der Waals surface area contributed by atoms with E-state index in [-0.39, 0.29) is 10.7 Å². The average molecular weight is 258 g/mol. The zero-order valence-electron chi connectivity index (χ0n) is 9.62. The third-order valence-corrected chi connectivity index (χ3v) is 3.31. The Morgan fingerprint density at radius 2 is 1.94 bits per heavy atom. The number of halogens is 1. The lowest BCUT2D eigenvalue weighted by Crippen LogP contribution is -2.31. The van der Waals surface area contributed by atoms with Crippen molar-refractivity contribution in [1.29, 1.82) is 0 Å². The van der Waals surface area contributed by atoms with Gasteiger partial charge in [0.15, 0.2) is 0 Å². The van der Waals surface area contributed by atoms with E-state index in [9.17, 15) is 9.59 Å². The maximum absolute atomic E-state index is 11.5. The number of hydrogen-bond acceptors (Lipinski definition) is 3. The van der Waals surface area contributed by atoms with Crippen molar-refractivity contribution in [3.63, 3.8) is 0 Å². The van der Waals surface area contributed by atoms with Crippen LogP contribution in [0.1, 0.15) is 19.3 Å². The molecule has 0 aliphatic carbocycles. The lowest BCUT2D eigenvalue weighted by Gasteiger charge is -2.14. The zero-order chi connectivity index (χ0) is 12.3. The van der Waals surface area contributed by atoms with E-state index >= 15 is 0 Å². The first-order chi connectivity index (χ1) is 8.16. The van der Waals surface area contributed by atoms with Crippen molar-refractivity contribution in [1.82, 2.24) is 14.5 Å². The monoisotopic (exact) mass is 257 g/mol. The van der Waals surface area contributed by atoms with Crippen LogP contribution in [-0.2, 0) is 6.54 Å². The van der Waals surface area contributed by atoms with Crippen molar-refractivity contribution in [3.8, 4) is 0 Å². The Kier molecular flexibility index (Phi) is 4.02. The summed E-state index contributed by atoms with van der Waals surface area (Å²) in [6.45, 7) is 3.89. The highest BCUT2D eigenvalue weighted by atomic mass is 35.5. The normalized spacial score (nSPS) is 16.5. The molecule has 2 rings (SSSR count). The number of aromatic nitrogens is 2. The molecule has 1 N–H and O–H groups in total. The molecule has 5 nitrogen and oxygen atoms in total. The summed E-state index contributed by atoms with van der Waals surface area (Å²) in [7, 11) is 0. The Morgan fingerprint density at radius 3 is 2.65 bits per heavy atom. The maximum atomic E-state index is 11.5. The Morgan fingerprint density at radius 1 is 1.24 bits per heavy atom. The molecule has 0 saturated carbocycles. The van der Waals surface area contributed by atoms with E-state index in [0.29, 0.717) is 6.54 Å². The Bertz CT molecular complexity index is 488. The quantitative estimate of drug-likeness (QED) is 0.863. The summed E-state index contributed by atoms with van der Waals surface area (Å²) in [5, 5.41) is 0.0609. The van der Waals surface area contributed by atoms with Gasteiger partial charge < -0.3 is 4.90 Å². The molecule has 1 aromatic heterocycles. The number of aromatic amines is 1. The van der Waals surface area contributed by atoms with Crippen molar-refractivity contribution in [3.05, 3.63) is 32.1 Å². The summed E-state index contributed by atoms with van der Waals surface area (Å²) in [5.41, 5.74) is -0.909. The molecule has 0 bridgehead atoms. The first-order valence-corrected chi connectivity index (χ1v) is 6.26. The van der Waals surface area contributed by atoms with Crippen LogP contribution in [0.5, 0.6) is 0 Å². The summed E-state index contributed by atoms with van der Waals surface area (Å²) in [5.74, 6) is 0. The molecular weight excluding hydrogens is 242 g/mol. The number of nitrogens with one attached hydrogen (secondary N) is 1. The molecule has 1 aromatic rings. The molecule has 1 saturated heterocycles. The molecule has 0 spiro atoms. The van der Waals surface area contributed by atoms with Gasteiger partial charge in [0.1, 0.15) is 5.02 Å². The molecule has 0 atom stereocenters. The lowest BCUT2D eigenvalue weighted by molar-refractivity contribution is 0.324. The lowest BCUT2D eigenvalue weighted by atomic mass is 10.4. The second-order valence-corrected chi connectivity index (χ2v) is 4.74.